The standard InChI is InChI=1S/C36H51N9O10/c37-16-8-7-13-24(32(50)42-25(14-15-29(39)47)33(51)44-27(36(54)55)19-30(40)48)41-35(53)28(20-46)45-34(52)26(18-22-11-5-2-6-12-22)43-31(49)23(38)17-21-9-3-1-4-10-21/h1-6,9-12,23-28,46H,7-8,13-20,37-38H2,(H2,39,47)(H2,40,48)(H,41,53)(H,42,50)(H,43,49)(H,44,51)(H,45,52)(H,54,55)/t23-,24-,25-,26-,27-,28-/m0/s1. The summed E-state index contributed by atoms with van der Waals surface area (Å²) < 4.78 is 0. The van der Waals surface area contributed by atoms with Crippen LogP contribution < -0.4 is 49.5 Å². The molecule has 0 aromatic heterocycles. The largest absolute Gasteiger partial charge is 0.480 e. The highest BCUT2D eigenvalue weighted by atomic mass is 16.4. The molecule has 0 heterocycles. The predicted molar refractivity (Wildman–Crippen MR) is 198 cm³/mol. The third-order valence-electron chi connectivity index (χ3n) is 8.28. The van der Waals surface area contributed by atoms with Crippen molar-refractivity contribution in [2.75, 3.05) is 13.2 Å². The number of aliphatic carboxylic acids is 1. The van der Waals surface area contributed by atoms with E-state index in [1.165, 1.54) is 0 Å². The Morgan fingerprint density at radius 2 is 1.02 bits per heavy atom. The molecule has 300 valence electrons. The molecule has 0 radical (unpaired) electrons. The van der Waals surface area contributed by atoms with E-state index in [1.807, 2.05) is 6.07 Å². The van der Waals surface area contributed by atoms with E-state index in [1.54, 1.807) is 54.6 Å². The first-order chi connectivity index (χ1) is 26.1. The van der Waals surface area contributed by atoms with Crippen molar-refractivity contribution in [2.45, 2.75) is 87.6 Å². The minimum absolute atomic E-state index is 0.00269. The van der Waals surface area contributed by atoms with Crippen LogP contribution in [0.5, 0.6) is 0 Å². The molecule has 0 spiro atoms. The first-order valence-corrected chi connectivity index (χ1v) is 17.6. The summed E-state index contributed by atoms with van der Waals surface area (Å²) in [5.41, 5.74) is 23.5. The lowest BCUT2D eigenvalue weighted by Gasteiger charge is -2.26. The van der Waals surface area contributed by atoms with Crippen LogP contribution in [-0.4, -0.2) is 107 Å². The van der Waals surface area contributed by atoms with Crippen LogP contribution in [0.3, 0.4) is 0 Å². The highest BCUT2D eigenvalue weighted by Crippen LogP contribution is 2.09. The first-order valence-electron chi connectivity index (χ1n) is 17.6. The van der Waals surface area contributed by atoms with Gasteiger partial charge in [-0.25, -0.2) is 4.79 Å². The summed E-state index contributed by atoms with van der Waals surface area (Å²) >= 11 is 0. The third kappa shape index (κ3) is 16.7. The number of amides is 7. The number of aliphatic hydroxyl groups is 1. The molecule has 55 heavy (non-hydrogen) atoms. The molecule has 7 amide bonds. The maximum atomic E-state index is 13.6. The van der Waals surface area contributed by atoms with E-state index in [2.05, 4.69) is 26.6 Å². The number of aliphatic hydroxyl groups excluding tert-OH is 1. The number of carbonyl (C=O) groups is 8. The number of unbranched alkanes of at least 4 members (excludes halogenated alkanes) is 1. The van der Waals surface area contributed by atoms with Crippen LogP contribution >= 0.6 is 0 Å². The normalized spacial score (nSPS) is 14.1. The third-order valence-corrected chi connectivity index (χ3v) is 8.28. The van der Waals surface area contributed by atoms with Crippen LogP contribution in [0.25, 0.3) is 0 Å². The summed E-state index contributed by atoms with van der Waals surface area (Å²) in [5.74, 6) is -7.95. The van der Waals surface area contributed by atoms with Crippen molar-refractivity contribution < 1.29 is 48.6 Å². The van der Waals surface area contributed by atoms with Gasteiger partial charge in [-0.2, -0.15) is 0 Å². The lowest BCUT2D eigenvalue weighted by Crippen LogP contribution is -2.60. The van der Waals surface area contributed by atoms with E-state index < -0.39 is 103 Å². The first kappa shape index (κ1) is 45.2. The Labute approximate surface area is 317 Å². The van der Waals surface area contributed by atoms with Crippen LogP contribution in [0.1, 0.15) is 49.7 Å². The van der Waals surface area contributed by atoms with E-state index >= 15 is 0 Å². The minimum Gasteiger partial charge on any atom is -0.480 e. The van der Waals surface area contributed by atoms with Gasteiger partial charge in [0.05, 0.1) is 19.1 Å². The molecule has 0 aliphatic heterocycles. The van der Waals surface area contributed by atoms with Crippen LogP contribution in [-0.2, 0) is 51.2 Å². The van der Waals surface area contributed by atoms with Crippen molar-refractivity contribution in [3.8, 4) is 0 Å². The number of nitrogens with two attached hydrogens (primary N) is 4. The van der Waals surface area contributed by atoms with Gasteiger partial charge >= 0.3 is 5.97 Å². The fraction of sp³-hybridized carbons (Fsp3) is 0.444. The number of carbonyl (C=O) groups excluding carboxylic acids is 7. The highest BCUT2D eigenvalue weighted by molar-refractivity contribution is 5.97. The highest BCUT2D eigenvalue weighted by Gasteiger charge is 2.33. The van der Waals surface area contributed by atoms with Crippen LogP contribution in [0, 0.1) is 0 Å². The van der Waals surface area contributed by atoms with Crippen molar-refractivity contribution in [1.82, 2.24) is 26.6 Å². The van der Waals surface area contributed by atoms with E-state index in [9.17, 15) is 48.6 Å². The van der Waals surface area contributed by atoms with Gasteiger partial charge in [0.25, 0.3) is 0 Å². The predicted octanol–water partition coefficient (Wildman–Crippen LogP) is -3.43. The topological polar surface area (TPSA) is 341 Å². The average molecular weight is 770 g/mol. The molecule has 0 aliphatic rings. The lowest BCUT2D eigenvalue weighted by atomic mass is 10.0. The summed E-state index contributed by atoms with van der Waals surface area (Å²) in [7, 11) is 0. The van der Waals surface area contributed by atoms with Gasteiger partial charge in [0.2, 0.25) is 41.4 Å². The maximum Gasteiger partial charge on any atom is 0.326 e. The summed E-state index contributed by atoms with van der Waals surface area (Å²) in [6.07, 6.45) is -0.679. The maximum absolute atomic E-state index is 13.6. The Kier molecular flexibility index (Phi) is 19.5. The van der Waals surface area contributed by atoms with Gasteiger partial charge in [0.15, 0.2) is 0 Å². The Morgan fingerprint density at radius 1 is 0.564 bits per heavy atom. The average Bonchev–Trinajstić information content (AvgIpc) is 3.14. The molecule has 6 atom stereocenters. The second-order valence-electron chi connectivity index (χ2n) is 12.8. The molecule has 2 aromatic carbocycles. The molecule has 0 saturated carbocycles. The van der Waals surface area contributed by atoms with Gasteiger partial charge in [0.1, 0.15) is 30.2 Å². The van der Waals surface area contributed by atoms with E-state index in [0.717, 1.165) is 5.56 Å². The summed E-state index contributed by atoms with van der Waals surface area (Å²) in [6, 6.07) is 9.13. The number of carboxylic acids is 1. The van der Waals surface area contributed by atoms with E-state index in [4.69, 9.17) is 22.9 Å². The molecule has 0 bridgehead atoms. The van der Waals surface area contributed by atoms with E-state index in [-0.39, 0.29) is 32.2 Å². The summed E-state index contributed by atoms with van der Waals surface area (Å²) in [6.45, 7) is -0.685. The Hall–Kier alpha value is -5.92. The molecule has 0 saturated heterocycles. The lowest BCUT2D eigenvalue weighted by molar-refractivity contribution is -0.144. The smallest absolute Gasteiger partial charge is 0.326 e. The molecular formula is C36H51N9O10. The minimum atomic E-state index is -1.75. The van der Waals surface area contributed by atoms with Gasteiger partial charge in [-0.1, -0.05) is 60.7 Å². The molecular weight excluding hydrogens is 718 g/mol. The van der Waals surface area contributed by atoms with Crippen LogP contribution in [0.15, 0.2) is 60.7 Å². The fourth-order valence-corrected chi connectivity index (χ4v) is 5.30. The van der Waals surface area contributed by atoms with Crippen molar-refractivity contribution in [1.29, 1.82) is 0 Å². The monoisotopic (exact) mass is 769 g/mol. The van der Waals surface area contributed by atoms with Crippen molar-refractivity contribution >= 4 is 47.3 Å². The van der Waals surface area contributed by atoms with Gasteiger partial charge in [-0.3, -0.25) is 33.6 Å². The van der Waals surface area contributed by atoms with Gasteiger partial charge in [-0.05, 0) is 49.8 Å². The molecule has 19 nitrogen and oxygen atoms in total. The molecule has 19 heteroatoms. The van der Waals surface area contributed by atoms with Crippen molar-refractivity contribution in [3.63, 3.8) is 0 Å². The second kappa shape index (κ2) is 23.7. The van der Waals surface area contributed by atoms with Gasteiger partial charge in [-0.15, -0.1) is 0 Å². The number of primary amides is 2. The van der Waals surface area contributed by atoms with Crippen molar-refractivity contribution in [2.24, 2.45) is 22.9 Å². The summed E-state index contributed by atoms with van der Waals surface area (Å²) in [5, 5.41) is 31.5. The molecule has 0 unspecified atom stereocenters. The Bertz CT molecular complexity index is 1610. The summed E-state index contributed by atoms with van der Waals surface area (Å²) in [4.78, 5) is 101. The SMILES string of the molecule is NCCCC[C@H](NC(=O)[C@H](CO)NC(=O)[C@H](Cc1ccccc1)NC(=O)[C@@H](N)Cc1ccccc1)C(=O)N[C@@H](CCC(N)=O)C(=O)N[C@@H](CC(N)=O)C(=O)O. The molecule has 0 aliphatic carbocycles. The van der Waals surface area contributed by atoms with E-state index in [0.29, 0.717) is 18.4 Å². The number of hydrogen-bond donors (Lipinski definition) is 11. The van der Waals surface area contributed by atoms with Gasteiger partial charge < -0.3 is 59.7 Å². The second-order valence-corrected chi connectivity index (χ2v) is 12.8. The van der Waals surface area contributed by atoms with Gasteiger partial charge in [0, 0.05) is 12.8 Å². The Balaban J connectivity index is 2.26. The number of carboxylic acid groups (broad SMARTS) is 1. The fourth-order valence-electron chi connectivity index (χ4n) is 5.30. The number of nitrogens with one attached hydrogen (secondary N) is 5. The molecule has 15 N–H and O–H groups in total. The zero-order chi connectivity index (χ0) is 40.9. The zero-order valence-electron chi connectivity index (χ0n) is 30.3. The zero-order valence-corrected chi connectivity index (χ0v) is 30.3. The molecule has 2 rings (SSSR count). The number of rotatable bonds is 25. The van der Waals surface area contributed by atoms with Crippen LogP contribution in [0.4, 0.5) is 0 Å². The molecule has 2 aromatic rings. The number of benzene rings is 2. The quantitative estimate of drug-likeness (QED) is 0.0440. The molecule has 0 fully saturated rings. The van der Waals surface area contributed by atoms with Crippen LogP contribution in [0.2, 0.25) is 0 Å². The Morgan fingerprint density at radius 3 is 1.51 bits per heavy atom. The van der Waals surface area contributed by atoms with Crippen molar-refractivity contribution in [3.05, 3.63) is 71.8 Å². The number of hydrogen-bond acceptors (Lipinski definition) is 11.